The first kappa shape index (κ1) is 29.8. The minimum absolute atomic E-state index is 4.68. The monoisotopic (exact) mass is 555 g/mol. The molecule has 0 aromatic heterocycles. The lowest BCUT2D eigenvalue weighted by molar-refractivity contribution is -0.883. The Morgan fingerprint density at radius 2 is 0.517 bits per heavy atom. The van der Waals surface area contributed by atoms with Crippen molar-refractivity contribution in [2.24, 2.45) is 0 Å². The first-order chi connectivity index (χ1) is 12.1. The standard InChI is InChI=1S/C3H15NO19P6/c5-4(1(24(6,7)8)25(9,10)11,2(26(12,13)14)27(15,16)17)3(28(18,19)20)29(21,22)23/h1-3H,(H2,6,7,8)(H2,9,10,11)(H2,12,13,14)(H2,15,16,17)(H2,18,19,20)(H2,21,22,23). The Kier molecular flexibility index (Phi) is 8.54. The van der Waals surface area contributed by atoms with Crippen LogP contribution in [0, 0.1) is 5.21 Å². The Hall–Kier alpha value is 0.820. The SMILES string of the molecule is O=P(O)(O)C([N+]([O-])(C(P(=O)(O)O)P(=O)(O)O)C(P(=O)(O)O)P(=O)(O)O)P(=O)(O)O. The van der Waals surface area contributed by atoms with Crippen molar-refractivity contribution in [2.45, 2.75) is 16.6 Å². The molecule has 0 atom stereocenters. The van der Waals surface area contributed by atoms with Gasteiger partial charge < -0.3 is 63.9 Å². The maximum Gasteiger partial charge on any atom is 0.395 e. The highest BCUT2D eigenvalue weighted by molar-refractivity contribution is 7.73. The fourth-order valence-electron chi connectivity index (χ4n) is 2.36. The molecule has 0 unspecified atom stereocenters. The normalized spacial score (nSPS) is 16.1. The number of rotatable bonds is 9. The summed E-state index contributed by atoms with van der Waals surface area (Å²) in [5, 5.41) is 13.1. The van der Waals surface area contributed by atoms with E-state index in [1.54, 1.807) is 0 Å². The predicted molar refractivity (Wildman–Crippen MR) is 87.3 cm³/mol. The van der Waals surface area contributed by atoms with Crippen molar-refractivity contribution in [1.29, 1.82) is 0 Å². The van der Waals surface area contributed by atoms with Crippen LogP contribution in [-0.2, 0) is 27.4 Å². The molecule has 0 radical (unpaired) electrons. The third-order valence-corrected chi connectivity index (χ3v) is 14.1. The van der Waals surface area contributed by atoms with Crippen molar-refractivity contribution < 1.29 is 90.8 Å². The number of hydroxylamine groups is 3. The van der Waals surface area contributed by atoms with Gasteiger partial charge >= 0.3 is 45.6 Å². The molecule has 12 N–H and O–H groups in total. The third-order valence-electron chi connectivity index (χ3n) is 2.89. The summed E-state index contributed by atoms with van der Waals surface area (Å²) in [6, 6.07) is 0. The molecule has 0 amide bonds. The lowest BCUT2D eigenvalue weighted by Crippen LogP contribution is -2.61. The summed E-state index contributed by atoms with van der Waals surface area (Å²) in [6.45, 7) is 0. The van der Waals surface area contributed by atoms with Crippen LogP contribution < -0.4 is 0 Å². The van der Waals surface area contributed by atoms with E-state index in [9.17, 15) is 32.6 Å². The molecule has 0 fully saturated rings. The minimum atomic E-state index is -6.88. The van der Waals surface area contributed by atoms with E-state index in [2.05, 4.69) is 0 Å². The van der Waals surface area contributed by atoms with Crippen LogP contribution in [0.1, 0.15) is 0 Å². The quantitative estimate of drug-likeness (QED) is 0.0777. The number of quaternary nitrogens is 1. The van der Waals surface area contributed by atoms with Crippen LogP contribution in [0.4, 0.5) is 0 Å². The maximum absolute atomic E-state index is 13.1. The van der Waals surface area contributed by atoms with Crippen molar-refractivity contribution in [2.75, 3.05) is 0 Å². The van der Waals surface area contributed by atoms with Gasteiger partial charge in [0.05, 0.1) is 0 Å². The molecular formula is C3H15NO19P6. The molecule has 0 rings (SSSR count). The van der Waals surface area contributed by atoms with Gasteiger partial charge in [0, 0.05) is 0 Å². The van der Waals surface area contributed by atoms with Gasteiger partial charge in [0.2, 0.25) is 0 Å². The Labute approximate surface area is 158 Å². The van der Waals surface area contributed by atoms with Crippen LogP contribution in [0.3, 0.4) is 0 Å². The largest absolute Gasteiger partial charge is 0.630 e. The van der Waals surface area contributed by atoms with Gasteiger partial charge in [-0.2, -0.15) is 0 Å². The highest BCUT2D eigenvalue weighted by Gasteiger charge is 2.74. The first-order valence-electron chi connectivity index (χ1n) is 6.00. The highest BCUT2D eigenvalue weighted by atomic mass is 31.3. The number of hydrogen-bond acceptors (Lipinski definition) is 7. The van der Waals surface area contributed by atoms with Gasteiger partial charge in [0.1, 0.15) is 0 Å². The molecule has 0 spiro atoms. The van der Waals surface area contributed by atoms with Crippen LogP contribution in [0.2, 0.25) is 0 Å². The van der Waals surface area contributed by atoms with Gasteiger partial charge in [-0.15, -0.1) is 0 Å². The molecule has 0 saturated carbocycles. The summed E-state index contributed by atoms with van der Waals surface area (Å²) in [4.78, 5) is 109. The molecule has 0 heterocycles. The predicted octanol–water partition coefficient (Wildman–Crippen LogP) is -2.78. The zero-order chi connectivity index (χ0) is 24.2. The van der Waals surface area contributed by atoms with Gasteiger partial charge in [-0.1, -0.05) is 0 Å². The fourth-order valence-corrected chi connectivity index (χ4v) is 12.7. The van der Waals surface area contributed by atoms with Crippen molar-refractivity contribution in [1.82, 2.24) is 0 Å². The van der Waals surface area contributed by atoms with Crippen molar-refractivity contribution >= 4 is 45.6 Å². The van der Waals surface area contributed by atoms with E-state index in [1.807, 2.05) is 0 Å². The van der Waals surface area contributed by atoms with Gasteiger partial charge in [-0.05, 0) is 0 Å². The van der Waals surface area contributed by atoms with E-state index < -0.39 is 66.8 Å². The third kappa shape index (κ3) is 6.90. The molecule has 29 heavy (non-hydrogen) atoms. The van der Waals surface area contributed by atoms with Crippen LogP contribution in [-0.4, -0.2) is 79.9 Å². The van der Waals surface area contributed by atoms with Gasteiger partial charge in [-0.25, -0.2) is 0 Å². The molecule has 0 aliphatic rings. The second kappa shape index (κ2) is 8.31. The Bertz CT molecular complexity index is 717. The molecular weight excluding hydrogens is 540 g/mol. The summed E-state index contributed by atoms with van der Waals surface area (Å²) in [5.41, 5.74) is -14.0. The molecule has 0 aliphatic heterocycles. The highest BCUT2D eigenvalue weighted by Crippen LogP contribution is 2.78. The summed E-state index contributed by atoms with van der Waals surface area (Å²) in [5.74, 6) is 0. The van der Waals surface area contributed by atoms with E-state index in [0.29, 0.717) is 0 Å². The Balaban J connectivity index is 8.03. The van der Waals surface area contributed by atoms with Crippen LogP contribution in [0.25, 0.3) is 0 Å². The number of hydrogen-bond donors (Lipinski definition) is 12. The first-order valence-corrected chi connectivity index (χ1v) is 16.1. The van der Waals surface area contributed by atoms with Gasteiger partial charge in [0.15, 0.2) is 0 Å². The van der Waals surface area contributed by atoms with Gasteiger partial charge in [0.25, 0.3) is 16.6 Å². The smallest absolute Gasteiger partial charge is 0.395 e. The summed E-state index contributed by atoms with van der Waals surface area (Å²) in [6.07, 6.45) is 0. The Morgan fingerprint density at radius 3 is 0.586 bits per heavy atom. The van der Waals surface area contributed by atoms with Crippen molar-refractivity contribution in [3.8, 4) is 0 Å². The van der Waals surface area contributed by atoms with Gasteiger partial charge in [-0.3, -0.25) is 32.0 Å². The molecule has 176 valence electrons. The molecule has 0 aliphatic carbocycles. The van der Waals surface area contributed by atoms with Crippen molar-refractivity contribution in [3.05, 3.63) is 5.21 Å². The molecule has 0 aromatic rings. The molecule has 0 bridgehead atoms. The topological polar surface area (TPSA) is 368 Å². The Morgan fingerprint density at radius 1 is 0.414 bits per heavy atom. The molecule has 0 aromatic carbocycles. The molecule has 26 heteroatoms. The molecule has 20 nitrogen and oxygen atoms in total. The second-order valence-corrected chi connectivity index (χ2v) is 16.6. The van der Waals surface area contributed by atoms with Crippen LogP contribution >= 0.6 is 45.6 Å². The summed E-state index contributed by atoms with van der Waals surface area (Å²) >= 11 is 0. The fraction of sp³-hybridized carbons (Fsp3) is 1.00. The summed E-state index contributed by atoms with van der Waals surface area (Å²) in [7, 11) is -41.3. The average molecular weight is 555 g/mol. The molecule has 0 saturated heterocycles. The van der Waals surface area contributed by atoms with E-state index in [4.69, 9.17) is 58.7 Å². The number of nitrogens with zero attached hydrogens (tertiary/aromatic N) is 1. The van der Waals surface area contributed by atoms with E-state index in [-0.39, 0.29) is 0 Å². The van der Waals surface area contributed by atoms with Crippen LogP contribution in [0.15, 0.2) is 0 Å². The lowest BCUT2D eigenvalue weighted by atomic mass is 10.9. The zero-order valence-corrected chi connectivity index (χ0v) is 18.5. The van der Waals surface area contributed by atoms with Crippen LogP contribution in [0.5, 0.6) is 0 Å². The maximum atomic E-state index is 13.1. The summed E-state index contributed by atoms with van der Waals surface area (Å²) < 4.78 is 64.4. The average Bonchev–Trinajstić information content (AvgIpc) is 2.11. The second-order valence-electron chi connectivity index (χ2n) is 5.34. The minimum Gasteiger partial charge on any atom is -0.630 e. The lowest BCUT2D eigenvalue weighted by Gasteiger charge is -2.54. The zero-order valence-electron chi connectivity index (χ0n) is 13.1. The van der Waals surface area contributed by atoms with Crippen molar-refractivity contribution in [3.63, 3.8) is 0 Å². The van der Waals surface area contributed by atoms with E-state index in [1.165, 1.54) is 0 Å². The van der Waals surface area contributed by atoms with E-state index in [0.717, 1.165) is 0 Å². The van der Waals surface area contributed by atoms with E-state index >= 15 is 0 Å².